The predicted molar refractivity (Wildman–Crippen MR) is 91.6 cm³/mol. The number of benzene rings is 1. The first-order valence-corrected chi connectivity index (χ1v) is 8.31. The fourth-order valence-corrected chi connectivity index (χ4v) is 3.85. The first-order chi connectivity index (χ1) is 11.5. The average Bonchev–Trinajstić information content (AvgIpc) is 2.86. The van der Waals surface area contributed by atoms with Gasteiger partial charge in [-0.1, -0.05) is 37.5 Å². The van der Waals surface area contributed by atoms with Crippen molar-refractivity contribution in [2.24, 2.45) is 5.41 Å². The van der Waals surface area contributed by atoms with Crippen molar-refractivity contribution in [3.05, 3.63) is 47.0 Å². The molecule has 0 radical (unpaired) electrons. The molecule has 0 heterocycles. The molecule has 24 heavy (non-hydrogen) atoms. The minimum atomic E-state index is -0.712. The second-order valence-electron chi connectivity index (χ2n) is 6.76. The molecule has 0 aliphatic heterocycles. The van der Waals surface area contributed by atoms with Crippen LogP contribution < -0.4 is 0 Å². The minimum Gasteiger partial charge on any atom is -0.361 e. The van der Waals surface area contributed by atoms with E-state index in [1.54, 1.807) is 32.3 Å². The monoisotopic (exact) mass is 323 g/mol. The van der Waals surface area contributed by atoms with Crippen LogP contribution in [-0.4, -0.2) is 41.2 Å². The van der Waals surface area contributed by atoms with Crippen LogP contribution >= 0.6 is 0 Å². The van der Waals surface area contributed by atoms with Crippen LogP contribution in [0.3, 0.4) is 0 Å². The molecule has 124 valence electrons. The fourth-order valence-electron chi connectivity index (χ4n) is 3.85. The third kappa shape index (κ3) is 2.42. The third-order valence-corrected chi connectivity index (χ3v) is 5.12. The summed E-state index contributed by atoms with van der Waals surface area (Å²) in [5, 5.41) is 0. The lowest BCUT2D eigenvalue weighted by molar-refractivity contribution is -0.123. The Labute approximate surface area is 141 Å². The topological polar surface area (TPSA) is 73.8 Å². The van der Waals surface area contributed by atoms with Crippen LogP contribution in [-0.2, 0) is 4.79 Å². The summed E-state index contributed by atoms with van der Waals surface area (Å²) in [7, 11) is 3.38. The second kappa shape index (κ2) is 6.17. The number of ketones is 1. The Morgan fingerprint density at radius 1 is 1.17 bits per heavy atom. The van der Waals surface area contributed by atoms with E-state index in [1.807, 2.05) is 12.1 Å². The van der Waals surface area contributed by atoms with Crippen LogP contribution in [0.2, 0.25) is 0 Å². The van der Waals surface area contributed by atoms with Crippen LogP contribution in [0.5, 0.6) is 0 Å². The molecule has 0 aromatic heterocycles. The Morgan fingerprint density at radius 3 is 2.46 bits per heavy atom. The van der Waals surface area contributed by atoms with E-state index >= 15 is 0 Å². The smallest absolute Gasteiger partial charge is 0.313 e. The summed E-state index contributed by atoms with van der Waals surface area (Å²) >= 11 is 0. The van der Waals surface area contributed by atoms with Gasteiger partial charge in [-0.25, -0.2) is 0 Å². The molecule has 0 unspecified atom stereocenters. The number of carbonyl (C=O) groups excluding carboxylic acids is 2. The highest BCUT2D eigenvalue weighted by Gasteiger charge is 2.55. The van der Waals surface area contributed by atoms with Crippen molar-refractivity contribution < 1.29 is 14.4 Å². The van der Waals surface area contributed by atoms with Gasteiger partial charge in [-0.3, -0.25) is 9.59 Å². The van der Waals surface area contributed by atoms with E-state index < -0.39 is 5.41 Å². The Hall–Kier alpha value is -2.52. The summed E-state index contributed by atoms with van der Waals surface area (Å²) in [4.78, 5) is 30.3. The molecule has 1 amide bonds. The van der Waals surface area contributed by atoms with E-state index in [4.69, 9.17) is 0 Å². The SMILES string of the molecule is CN(C)C(=O)c1ccccc1C1=CC(=O)C2(CCCCC2)C1=[N+]=[N-]. The highest BCUT2D eigenvalue weighted by molar-refractivity contribution is 6.40. The number of allylic oxidation sites excluding steroid dienone is 2. The number of hydrogen-bond acceptors (Lipinski definition) is 2. The fraction of sp³-hybridized carbons (Fsp3) is 0.421. The standard InChI is InChI=1S/C19H21N3O2/c1-22(2)18(24)14-9-5-4-8-13(14)15-12-16(23)19(17(15)21-20)10-6-3-7-11-19/h4-5,8-9,12H,3,6-7,10-11H2,1-2H3. The van der Waals surface area contributed by atoms with Crippen molar-refractivity contribution in [2.75, 3.05) is 14.1 Å². The molecule has 0 saturated heterocycles. The van der Waals surface area contributed by atoms with Crippen LogP contribution in [0.4, 0.5) is 0 Å². The summed E-state index contributed by atoms with van der Waals surface area (Å²) in [6.07, 6.45) is 5.96. The average molecular weight is 323 g/mol. The van der Waals surface area contributed by atoms with Gasteiger partial charge in [0.2, 0.25) is 0 Å². The van der Waals surface area contributed by atoms with Gasteiger partial charge in [-0.2, -0.15) is 4.79 Å². The largest absolute Gasteiger partial charge is 0.361 e. The number of rotatable bonds is 2. The van der Waals surface area contributed by atoms with E-state index in [-0.39, 0.29) is 11.7 Å². The van der Waals surface area contributed by atoms with Crippen molar-refractivity contribution >= 4 is 23.0 Å². The van der Waals surface area contributed by atoms with Gasteiger partial charge in [0, 0.05) is 25.2 Å². The zero-order valence-corrected chi connectivity index (χ0v) is 14.1. The number of nitrogens with zero attached hydrogens (tertiary/aromatic N) is 3. The maximum absolute atomic E-state index is 12.8. The highest BCUT2D eigenvalue weighted by Crippen LogP contribution is 2.46. The molecular weight excluding hydrogens is 302 g/mol. The van der Waals surface area contributed by atoms with Gasteiger partial charge in [0.15, 0.2) is 5.78 Å². The summed E-state index contributed by atoms with van der Waals surface area (Å²) in [5.74, 6) is -0.141. The molecule has 0 N–H and O–H groups in total. The summed E-state index contributed by atoms with van der Waals surface area (Å²) in [6, 6.07) is 7.17. The minimum absolute atomic E-state index is 0.00268. The molecule has 1 aromatic rings. The lowest BCUT2D eigenvalue weighted by Crippen LogP contribution is -2.37. The van der Waals surface area contributed by atoms with Crippen LogP contribution in [0.15, 0.2) is 30.3 Å². The molecule has 2 aliphatic carbocycles. The zero-order valence-electron chi connectivity index (χ0n) is 14.1. The molecule has 5 heteroatoms. The Morgan fingerprint density at radius 2 is 1.83 bits per heavy atom. The molecule has 0 atom stereocenters. The molecule has 0 bridgehead atoms. The van der Waals surface area contributed by atoms with Gasteiger partial charge in [0.05, 0.1) is 5.57 Å². The second-order valence-corrected chi connectivity index (χ2v) is 6.76. The van der Waals surface area contributed by atoms with Crippen molar-refractivity contribution in [1.29, 1.82) is 0 Å². The van der Waals surface area contributed by atoms with Crippen molar-refractivity contribution in [1.82, 2.24) is 4.90 Å². The van der Waals surface area contributed by atoms with E-state index in [0.29, 0.717) is 35.3 Å². The van der Waals surface area contributed by atoms with Crippen molar-refractivity contribution in [3.8, 4) is 0 Å². The van der Waals surface area contributed by atoms with Gasteiger partial charge < -0.3 is 10.4 Å². The Kier molecular flexibility index (Phi) is 4.20. The highest BCUT2D eigenvalue weighted by atomic mass is 16.2. The molecular formula is C19H21N3O2. The summed E-state index contributed by atoms with van der Waals surface area (Å²) in [5.41, 5.74) is 11.1. The van der Waals surface area contributed by atoms with E-state index in [1.165, 1.54) is 4.90 Å². The van der Waals surface area contributed by atoms with E-state index in [2.05, 4.69) is 4.79 Å². The summed E-state index contributed by atoms with van der Waals surface area (Å²) < 4.78 is 0. The van der Waals surface area contributed by atoms with Crippen molar-refractivity contribution in [2.45, 2.75) is 32.1 Å². The summed E-state index contributed by atoms with van der Waals surface area (Å²) in [6.45, 7) is 0. The van der Waals surface area contributed by atoms with Crippen LogP contribution in [0, 0.1) is 5.41 Å². The van der Waals surface area contributed by atoms with Gasteiger partial charge in [0.25, 0.3) is 5.91 Å². The maximum atomic E-state index is 12.8. The molecule has 1 spiro atoms. The van der Waals surface area contributed by atoms with Crippen LogP contribution in [0.25, 0.3) is 11.1 Å². The maximum Gasteiger partial charge on any atom is 0.313 e. The number of amides is 1. The Bertz CT molecular complexity index is 780. The number of carbonyl (C=O) groups is 2. The molecule has 1 fully saturated rings. The van der Waals surface area contributed by atoms with Crippen molar-refractivity contribution in [3.63, 3.8) is 0 Å². The lowest BCUT2D eigenvalue weighted by Gasteiger charge is -2.28. The zero-order chi connectivity index (χ0) is 17.3. The van der Waals surface area contributed by atoms with Gasteiger partial charge in [-0.05, 0) is 25.0 Å². The molecule has 1 saturated carbocycles. The van der Waals surface area contributed by atoms with Gasteiger partial charge in [0.1, 0.15) is 5.41 Å². The molecule has 1 aromatic carbocycles. The molecule has 3 rings (SSSR count). The first kappa shape index (κ1) is 16.3. The Balaban J connectivity index is 2.11. The predicted octanol–water partition coefficient (Wildman–Crippen LogP) is 2.98. The van der Waals surface area contributed by atoms with Gasteiger partial charge >= 0.3 is 5.71 Å². The number of hydrogen-bond donors (Lipinski definition) is 0. The molecule has 5 nitrogen and oxygen atoms in total. The van der Waals surface area contributed by atoms with Crippen LogP contribution in [0.1, 0.15) is 48.0 Å². The van der Waals surface area contributed by atoms with E-state index in [0.717, 1.165) is 19.3 Å². The first-order valence-electron chi connectivity index (χ1n) is 8.31. The lowest BCUT2D eigenvalue weighted by atomic mass is 9.69. The van der Waals surface area contributed by atoms with E-state index in [9.17, 15) is 15.1 Å². The third-order valence-electron chi connectivity index (χ3n) is 5.12. The van der Waals surface area contributed by atoms with Gasteiger partial charge in [-0.15, -0.1) is 0 Å². The quantitative estimate of drug-likeness (QED) is 0.620. The normalized spacial score (nSPS) is 19.2. The molecule has 2 aliphatic rings.